The molecule has 2 aromatic carbocycles. The number of imidazole rings is 1. The average Bonchev–Trinajstić information content (AvgIpc) is 3.38. The summed E-state index contributed by atoms with van der Waals surface area (Å²) in [5, 5.41) is 9.30. The Kier molecular flexibility index (Phi) is 5.53. The quantitative estimate of drug-likeness (QED) is 0.720. The zero-order valence-electron chi connectivity index (χ0n) is 15.9. The number of benzene rings is 2. The van der Waals surface area contributed by atoms with Crippen LogP contribution in [0.4, 0.5) is 0 Å². The van der Waals surface area contributed by atoms with Gasteiger partial charge in [-0.3, -0.25) is 4.79 Å². The Bertz CT molecular complexity index is 936. The van der Waals surface area contributed by atoms with Gasteiger partial charge in [-0.15, -0.1) is 0 Å². The van der Waals surface area contributed by atoms with Crippen molar-refractivity contribution in [2.24, 2.45) is 5.92 Å². The lowest BCUT2D eigenvalue weighted by atomic mass is 9.97. The summed E-state index contributed by atoms with van der Waals surface area (Å²) >= 11 is 0. The minimum absolute atomic E-state index is 0.0672. The molecule has 1 N–H and O–H groups in total. The van der Waals surface area contributed by atoms with Crippen LogP contribution in [0.3, 0.4) is 0 Å². The van der Waals surface area contributed by atoms with Crippen molar-refractivity contribution in [1.82, 2.24) is 14.5 Å². The zero-order valence-corrected chi connectivity index (χ0v) is 15.9. The highest BCUT2D eigenvalue weighted by atomic mass is 16.3. The highest BCUT2D eigenvalue weighted by Gasteiger charge is 2.26. The van der Waals surface area contributed by atoms with Crippen LogP contribution in [0.15, 0.2) is 67.0 Å². The van der Waals surface area contributed by atoms with Gasteiger partial charge in [-0.05, 0) is 29.9 Å². The second-order valence-corrected chi connectivity index (χ2v) is 7.42. The van der Waals surface area contributed by atoms with Gasteiger partial charge < -0.3 is 14.6 Å². The van der Waals surface area contributed by atoms with Gasteiger partial charge in [0.2, 0.25) is 5.91 Å². The predicted molar refractivity (Wildman–Crippen MR) is 108 cm³/mol. The van der Waals surface area contributed by atoms with Crippen molar-refractivity contribution in [3.63, 3.8) is 0 Å². The van der Waals surface area contributed by atoms with E-state index in [4.69, 9.17) is 0 Å². The number of hydrogen-bond donors (Lipinski definition) is 1. The van der Waals surface area contributed by atoms with Crippen molar-refractivity contribution >= 4 is 5.91 Å². The molecule has 1 fully saturated rings. The second kappa shape index (κ2) is 8.40. The normalized spacial score (nSPS) is 16.5. The molecule has 5 heteroatoms. The van der Waals surface area contributed by atoms with E-state index >= 15 is 0 Å². The number of nitrogens with zero attached hydrogens (tertiary/aromatic N) is 3. The van der Waals surface area contributed by atoms with E-state index in [1.807, 2.05) is 58.1 Å². The summed E-state index contributed by atoms with van der Waals surface area (Å²) in [5.74, 6) is 1.43. The number of likely N-dealkylation sites (tertiary alicyclic amines) is 1. The van der Waals surface area contributed by atoms with Gasteiger partial charge in [0.1, 0.15) is 12.4 Å². The molecule has 0 saturated carbocycles. The van der Waals surface area contributed by atoms with Crippen molar-refractivity contribution in [2.45, 2.75) is 26.0 Å². The molecule has 0 aliphatic carbocycles. The van der Waals surface area contributed by atoms with E-state index in [1.165, 1.54) is 5.56 Å². The molecule has 1 aliphatic rings. The van der Waals surface area contributed by atoms with Crippen LogP contribution in [-0.2, 0) is 24.4 Å². The van der Waals surface area contributed by atoms with Gasteiger partial charge in [0.15, 0.2) is 0 Å². The SMILES string of the molecule is O=C(Cn1ccnc1-c1ccccc1)N1CC[C@@H](Cc2cccc(CO)c2)C1. The van der Waals surface area contributed by atoms with E-state index < -0.39 is 0 Å². The lowest BCUT2D eigenvalue weighted by Gasteiger charge is -2.18. The molecule has 1 aromatic heterocycles. The molecule has 144 valence electrons. The summed E-state index contributed by atoms with van der Waals surface area (Å²) in [6, 6.07) is 18.0. The molecule has 1 amide bonds. The number of carbonyl (C=O) groups excluding carboxylic acids is 1. The Balaban J connectivity index is 1.37. The first-order valence-corrected chi connectivity index (χ1v) is 9.76. The molecule has 0 bridgehead atoms. The Morgan fingerprint density at radius 3 is 2.75 bits per heavy atom. The third kappa shape index (κ3) is 4.15. The lowest BCUT2D eigenvalue weighted by molar-refractivity contribution is -0.130. The van der Waals surface area contributed by atoms with Crippen LogP contribution < -0.4 is 0 Å². The number of aliphatic hydroxyl groups is 1. The molecule has 1 atom stereocenters. The topological polar surface area (TPSA) is 58.4 Å². The summed E-state index contributed by atoms with van der Waals surface area (Å²) in [7, 11) is 0. The van der Waals surface area contributed by atoms with E-state index in [0.29, 0.717) is 12.5 Å². The van der Waals surface area contributed by atoms with Crippen LogP contribution in [0.25, 0.3) is 11.4 Å². The lowest BCUT2D eigenvalue weighted by Crippen LogP contribution is -2.32. The van der Waals surface area contributed by atoms with Crippen molar-refractivity contribution in [1.29, 1.82) is 0 Å². The summed E-state index contributed by atoms with van der Waals surface area (Å²) < 4.78 is 1.93. The number of hydrogen-bond acceptors (Lipinski definition) is 3. The van der Waals surface area contributed by atoms with Crippen LogP contribution in [0, 0.1) is 5.92 Å². The molecule has 0 radical (unpaired) electrons. The first kappa shape index (κ1) is 18.4. The minimum atomic E-state index is 0.0672. The molecule has 1 aliphatic heterocycles. The first-order chi connectivity index (χ1) is 13.7. The van der Waals surface area contributed by atoms with E-state index in [-0.39, 0.29) is 12.5 Å². The molecule has 3 aromatic rings. The maximum atomic E-state index is 12.8. The highest BCUT2D eigenvalue weighted by Crippen LogP contribution is 2.23. The molecular weight excluding hydrogens is 350 g/mol. The van der Waals surface area contributed by atoms with Crippen molar-refractivity contribution in [3.8, 4) is 11.4 Å². The zero-order chi connectivity index (χ0) is 19.3. The third-order valence-electron chi connectivity index (χ3n) is 5.39. The largest absolute Gasteiger partial charge is 0.392 e. The fourth-order valence-corrected chi connectivity index (χ4v) is 3.94. The van der Waals surface area contributed by atoms with Crippen LogP contribution in [-0.4, -0.2) is 38.6 Å². The van der Waals surface area contributed by atoms with Gasteiger partial charge >= 0.3 is 0 Å². The van der Waals surface area contributed by atoms with Gasteiger partial charge in [0.05, 0.1) is 6.61 Å². The van der Waals surface area contributed by atoms with Crippen molar-refractivity contribution in [3.05, 3.63) is 78.1 Å². The Morgan fingerprint density at radius 2 is 1.93 bits per heavy atom. The fourth-order valence-electron chi connectivity index (χ4n) is 3.94. The van der Waals surface area contributed by atoms with Crippen LogP contribution in [0.5, 0.6) is 0 Å². The Labute approximate surface area is 165 Å². The van der Waals surface area contributed by atoms with Crippen LogP contribution >= 0.6 is 0 Å². The molecule has 4 rings (SSSR count). The van der Waals surface area contributed by atoms with E-state index in [0.717, 1.165) is 42.9 Å². The standard InChI is InChI=1S/C23H25N3O2/c27-17-20-6-4-5-18(14-20)13-19-9-11-25(15-19)22(28)16-26-12-10-24-23(26)21-7-2-1-3-8-21/h1-8,10,12,14,19,27H,9,11,13,15-17H2/t19-/m0/s1. The van der Waals surface area contributed by atoms with Gasteiger partial charge in [0, 0.05) is 31.0 Å². The smallest absolute Gasteiger partial charge is 0.242 e. The summed E-state index contributed by atoms with van der Waals surface area (Å²) in [5.41, 5.74) is 3.19. The van der Waals surface area contributed by atoms with Crippen molar-refractivity contribution < 1.29 is 9.90 Å². The molecular formula is C23H25N3O2. The maximum absolute atomic E-state index is 12.8. The minimum Gasteiger partial charge on any atom is -0.392 e. The van der Waals surface area contributed by atoms with E-state index in [1.54, 1.807) is 6.20 Å². The number of aromatic nitrogens is 2. The van der Waals surface area contributed by atoms with Gasteiger partial charge in [-0.1, -0.05) is 54.6 Å². The van der Waals surface area contributed by atoms with Gasteiger partial charge in [-0.2, -0.15) is 0 Å². The number of carbonyl (C=O) groups is 1. The molecule has 5 nitrogen and oxygen atoms in total. The molecule has 28 heavy (non-hydrogen) atoms. The second-order valence-electron chi connectivity index (χ2n) is 7.42. The van der Waals surface area contributed by atoms with Crippen LogP contribution in [0.1, 0.15) is 17.5 Å². The first-order valence-electron chi connectivity index (χ1n) is 9.76. The molecule has 0 spiro atoms. The Morgan fingerprint density at radius 1 is 1.11 bits per heavy atom. The fraction of sp³-hybridized carbons (Fsp3) is 0.304. The molecule has 2 heterocycles. The number of aliphatic hydroxyl groups excluding tert-OH is 1. The molecule has 1 saturated heterocycles. The van der Waals surface area contributed by atoms with Crippen molar-refractivity contribution in [2.75, 3.05) is 13.1 Å². The van der Waals surface area contributed by atoms with E-state index in [9.17, 15) is 9.90 Å². The average molecular weight is 375 g/mol. The monoisotopic (exact) mass is 375 g/mol. The van der Waals surface area contributed by atoms with E-state index in [2.05, 4.69) is 17.1 Å². The molecule has 0 unspecified atom stereocenters. The van der Waals surface area contributed by atoms with Gasteiger partial charge in [-0.25, -0.2) is 4.98 Å². The van der Waals surface area contributed by atoms with Gasteiger partial charge in [0.25, 0.3) is 0 Å². The number of amides is 1. The highest BCUT2D eigenvalue weighted by molar-refractivity contribution is 5.77. The summed E-state index contributed by atoms with van der Waals surface area (Å²) in [6.45, 7) is 1.98. The maximum Gasteiger partial charge on any atom is 0.242 e. The summed E-state index contributed by atoms with van der Waals surface area (Å²) in [4.78, 5) is 19.2. The van der Waals surface area contributed by atoms with Crippen LogP contribution in [0.2, 0.25) is 0 Å². The Hall–Kier alpha value is -2.92. The third-order valence-corrected chi connectivity index (χ3v) is 5.39. The summed E-state index contributed by atoms with van der Waals surface area (Å²) in [6.07, 6.45) is 5.58. The predicted octanol–water partition coefficient (Wildman–Crippen LogP) is 3.13. The number of rotatable bonds is 6.